The van der Waals surface area contributed by atoms with Gasteiger partial charge in [-0.2, -0.15) is 0 Å². The van der Waals surface area contributed by atoms with E-state index in [4.69, 9.17) is 9.47 Å². The summed E-state index contributed by atoms with van der Waals surface area (Å²) in [5.74, 6) is -1.19. The van der Waals surface area contributed by atoms with Crippen LogP contribution in [0.15, 0.2) is 48.5 Å². The molecule has 0 saturated carbocycles. The summed E-state index contributed by atoms with van der Waals surface area (Å²) in [5.41, 5.74) is 2.26. The van der Waals surface area contributed by atoms with Gasteiger partial charge < -0.3 is 19.7 Å². The minimum atomic E-state index is -0.592. The Labute approximate surface area is 169 Å². The molecule has 1 heterocycles. The molecule has 0 aromatic heterocycles. The van der Waals surface area contributed by atoms with Crippen LogP contribution < -0.4 is 15.0 Å². The SMILES string of the molecule is CCOc1ccccc1NC(=O)COC(=O)[C@H]1CC(=O)N(c2ccccc2C)C1. The number of rotatable bonds is 7. The van der Waals surface area contributed by atoms with E-state index in [0.29, 0.717) is 18.0 Å². The Balaban J connectivity index is 1.54. The van der Waals surface area contributed by atoms with E-state index in [-0.39, 0.29) is 18.9 Å². The minimum Gasteiger partial charge on any atom is -0.492 e. The summed E-state index contributed by atoms with van der Waals surface area (Å²) in [4.78, 5) is 38.5. The number of ether oxygens (including phenoxy) is 2. The molecular formula is C22H24N2O5. The van der Waals surface area contributed by atoms with Crippen LogP contribution in [-0.2, 0) is 19.1 Å². The summed E-state index contributed by atoms with van der Waals surface area (Å²) in [6.07, 6.45) is 0.0714. The first-order valence-electron chi connectivity index (χ1n) is 9.54. The molecule has 0 radical (unpaired) electrons. The molecule has 0 unspecified atom stereocenters. The Morgan fingerprint density at radius 2 is 1.86 bits per heavy atom. The Bertz CT molecular complexity index is 912. The number of hydrogen-bond donors (Lipinski definition) is 1. The lowest BCUT2D eigenvalue weighted by atomic mass is 10.1. The van der Waals surface area contributed by atoms with Crippen molar-refractivity contribution in [1.29, 1.82) is 0 Å². The molecule has 1 aliphatic rings. The number of para-hydroxylation sites is 3. The molecule has 7 heteroatoms. The van der Waals surface area contributed by atoms with E-state index >= 15 is 0 Å². The largest absolute Gasteiger partial charge is 0.492 e. The van der Waals surface area contributed by atoms with Crippen LogP contribution in [0.1, 0.15) is 18.9 Å². The van der Waals surface area contributed by atoms with Gasteiger partial charge >= 0.3 is 5.97 Å². The zero-order chi connectivity index (χ0) is 20.8. The molecule has 1 atom stereocenters. The van der Waals surface area contributed by atoms with Crippen LogP contribution in [0, 0.1) is 12.8 Å². The number of hydrogen-bond acceptors (Lipinski definition) is 5. The Kier molecular flexibility index (Phi) is 6.49. The Hall–Kier alpha value is -3.35. The highest BCUT2D eigenvalue weighted by molar-refractivity contribution is 6.00. The number of anilines is 2. The summed E-state index contributed by atoms with van der Waals surface area (Å²) in [6, 6.07) is 14.5. The van der Waals surface area contributed by atoms with Gasteiger partial charge in [-0.05, 0) is 37.6 Å². The molecule has 1 saturated heterocycles. The van der Waals surface area contributed by atoms with Crippen molar-refractivity contribution < 1.29 is 23.9 Å². The lowest BCUT2D eigenvalue weighted by Gasteiger charge is -2.18. The van der Waals surface area contributed by atoms with Gasteiger partial charge in [0.05, 0.1) is 18.2 Å². The van der Waals surface area contributed by atoms with Crippen molar-refractivity contribution in [1.82, 2.24) is 0 Å². The standard InChI is InChI=1S/C22H24N2O5/c1-3-28-19-11-7-5-9-17(19)23-20(25)14-29-22(27)16-12-21(26)24(13-16)18-10-6-4-8-15(18)2/h4-11,16H,3,12-14H2,1-2H3,(H,23,25)/t16-/m0/s1. The van der Waals surface area contributed by atoms with Crippen molar-refractivity contribution in [2.75, 3.05) is 30.0 Å². The molecule has 3 rings (SSSR count). The maximum Gasteiger partial charge on any atom is 0.311 e. The number of amides is 2. The van der Waals surface area contributed by atoms with Crippen molar-refractivity contribution in [3.8, 4) is 5.75 Å². The number of nitrogens with zero attached hydrogens (tertiary/aromatic N) is 1. The van der Waals surface area contributed by atoms with Crippen LogP contribution in [0.2, 0.25) is 0 Å². The lowest BCUT2D eigenvalue weighted by Crippen LogP contribution is -2.28. The highest BCUT2D eigenvalue weighted by atomic mass is 16.5. The van der Waals surface area contributed by atoms with Gasteiger partial charge in [-0.3, -0.25) is 14.4 Å². The number of aryl methyl sites for hydroxylation is 1. The van der Waals surface area contributed by atoms with Crippen molar-refractivity contribution in [3.63, 3.8) is 0 Å². The van der Waals surface area contributed by atoms with Crippen molar-refractivity contribution in [3.05, 3.63) is 54.1 Å². The third kappa shape index (κ3) is 4.93. The van der Waals surface area contributed by atoms with Crippen molar-refractivity contribution in [2.24, 2.45) is 5.92 Å². The normalized spacial score (nSPS) is 15.9. The minimum absolute atomic E-state index is 0.0714. The third-order valence-corrected chi connectivity index (χ3v) is 4.67. The van der Waals surface area contributed by atoms with Crippen molar-refractivity contribution >= 4 is 29.2 Å². The maximum absolute atomic E-state index is 12.4. The van der Waals surface area contributed by atoms with Gasteiger partial charge in [0, 0.05) is 18.7 Å². The van der Waals surface area contributed by atoms with Gasteiger partial charge in [-0.1, -0.05) is 30.3 Å². The number of carbonyl (C=O) groups excluding carboxylic acids is 3. The van der Waals surface area contributed by atoms with E-state index in [9.17, 15) is 14.4 Å². The highest BCUT2D eigenvalue weighted by Crippen LogP contribution is 2.28. The topological polar surface area (TPSA) is 84.9 Å². The fourth-order valence-corrected chi connectivity index (χ4v) is 3.26. The Morgan fingerprint density at radius 3 is 2.62 bits per heavy atom. The highest BCUT2D eigenvalue weighted by Gasteiger charge is 2.36. The number of esters is 1. The molecule has 2 aromatic rings. The molecule has 29 heavy (non-hydrogen) atoms. The van der Waals surface area contributed by atoms with E-state index in [0.717, 1.165) is 11.3 Å². The average Bonchev–Trinajstić information content (AvgIpc) is 3.10. The van der Waals surface area contributed by atoms with Crippen molar-refractivity contribution in [2.45, 2.75) is 20.3 Å². The van der Waals surface area contributed by atoms with E-state index in [2.05, 4.69) is 5.32 Å². The van der Waals surface area contributed by atoms with E-state index in [1.165, 1.54) is 0 Å². The third-order valence-electron chi connectivity index (χ3n) is 4.67. The predicted molar refractivity (Wildman–Crippen MR) is 109 cm³/mol. The monoisotopic (exact) mass is 396 g/mol. The van der Waals surface area contributed by atoms with Gasteiger partial charge in [0.1, 0.15) is 5.75 Å². The summed E-state index contributed by atoms with van der Waals surface area (Å²) in [5, 5.41) is 2.67. The number of nitrogens with one attached hydrogen (secondary N) is 1. The van der Waals surface area contributed by atoms with Crippen LogP contribution in [0.3, 0.4) is 0 Å². The summed E-state index contributed by atoms with van der Waals surface area (Å²) in [6.45, 7) is 4.06. The first-order chi connectivity index (χ1) is 14.0. The second kappa shape index (κ2) is 9.23. The number of benzene rings is 2. The van der Waals surface area contributed by atoms with E-state index < -0.39 is 24.4 Å². The smallest absolute Gasteiger partial charge is 0.311 e. The molecule has 1 N–H and O–H groups in total. The van der Waals surface area contributed by atoms with Crippen LogP contribution in [-0.4, -0.2) is 37.5 Å². The van der Waals surface area contributed by atoms with Gasteiger partial charge in [0.15, 0.2) is 6.61 Å². The van der Waals surface area contributed by atoms with Gasteiger partial charge in [0.25, 0.3) is 5.91 Å². The summed E-state index contributed by atoms with van der Waals surface area (Å²) < 4.78 is 10.6. The lowest BCUT2D eigenvalue weighted by molar-refractivity contribution is -0.151. The zero-order valence-electron chi connectivity index (χ0n) is 16.5. The molecule has 2 amide bonds. The zero-order valence-corrected chi connectivity index (χ0v) is 16.5. The molecule has 7 nitrogen and oxygen atoms in total. The van der Waals surface area contributed by atoms with Crippen LogP contribution in [0.4, 0.5) is 11.4 Å². The first kappa shape index (κ1) is 20.4. The second-order valence-corrected chi connectivity index (χ2v) is 6.78. The van der Waals surface area contributed by atoms with E-state index in [1.807, 2.05) is 38.1 Å². The van der Waals surface area contributed by atoms with Gasteiger partial charge in [-0.15, -0.1) is 0 Å². The molecule has 1 fully saturated rings. The molecule has 152 valence electrons. The average molecular weight is 396 g/mol. The Morgan fingerprint density at radius 1 is 1.14 bits per heavy atom. The van der Waals surface area contributed by atoms with Crippen LogP contribution in [0.5, 0.6) is 5.75 Å². The fraction of sp³-hybridized carbons (Fsp3) is 0.318. The molecular weight excluding hydrogens is 372 g/mol. The molecule has 0 bridgehead atoms. The molecule has 2 aromatic carbocycles. The quantitative estimate of drug-likeness (QED) is 0.728. The summed E-state index contributed by atoms with van der Waals surface area (Å²) >= 11 is 0. The van der Waals surface area contributed by atoms with Gasteiger partial charge in [-0.25, -0.2) is 0 Å². The molecule has 0 spiro atoms. The summed E-state index contributed by atoms with van der Waals surface area (Å²) in [7, 11) is 0. The fourth-order valence-electron chi connectivity index (χ4n) is 3.26. The van der Waals surface area contributed by atoms with Crippen LogP contribution >= 0.6 is 0 Å². The molecule has 1 aliphatic heterocycles. The molecule has 0 aliphatic carbocycles. The predicted octanol–water partition coefficient (Wildman–Crippen LogP) is 2.93. The van der Waals surface area contributed by atoms with E-state index in [1.54, 1.807) is 29.2 Å². The van der Waals surface area contributed by atoms with Crippen LogP contribution in [0.25, 0.3) is 0 Å². The van der Waals surface area contributed by atoms with Gasteiger partial charge in [0.2, 0.25) is 5.91 Å². The number of carbonyl (C=O) groups is 3. The maximum atomic E-state index is 12.4. The first-order valence-corrected chi connectivity index (χ1v) is 9.54. The second-order valence-electron chi connectivity index (χ2n) is 6.78.